The van der Waals surface area contributed by atoms with E-state index in [-0.39, 0.29) is 6.10 Å². The smallest absolute Gasteiger partial charge is 0.131 e. The molecule has 1 aliphatic heterocycles. The Balaban J connectivity index is 1.69. The van der Waals surface area contributed by atoms with Crippen molar-refractivity contribution in [1.82, 2.24) is 10.3 Å². The van der Waals surface area contributed by atoms with Gasteiger partial charge >= 0.3 is 0 Å². The number of aryl methyl sites for hydroxylation is 1. The minimum Gasteiger partial charge on any atom is -0.376 e. The van der Waals surface area contributed by atoms with Crippen LogP contribution in [0.2, 0.25) is 0 Å². The molecule has 2 fully saturated rings. The van der Waals surface area contributed by atoms with Crippen LogP contribution >= 0.6 is 0 Å². The Morgan fingerprint density at radius 2 is 2.20 bits per heavy atom. The second-order valence-corrected chi connectivity index (χ2v) is 6.18. The zero-order chi connectivity index (χ0) is 14.1. The summed E-state index contributed by atoms with van der Waals surface area (Å²) in [6.45, 7) is 6.10. The third kappa shape index (κ3) is 2.96. The van der Waals surface area contributed by atoms with Crippen molar-refractivity contribution in [2.45, 2.75) is 57.8 Å². The summed E-state index contributed by atoms with van der Waals surface area (Å²) in [5, 5.41) is 3.54. The molecule has 2 heterocycles. The molecule has 0 amide bonds. The summed E-state index contributed by atoms with van der Waals surface area (Å²) < 4.78 is 5.66. The van der Waals surface area contributed by atoms with E-state index in [1.807, 2.05) is 6.20 Å². The van der Waals surface area contributed by atoms with Gasteiger partial charge in [-0.3, -0.25) is 0 Å². The number of pyridine rings is 1. The van der Waals surface area contributed by atoms with Gasteiger partial charge in [0.2, 0.25) is 0 Å². The van der Waals surface area contributed by atoms with Crippen molar-refractivity contribution in [3.8, 4) is 0 Å². The molecule has 1 aliphatic carbocycles. The highest BCUT2D eigenvalue weighted by Gasteiger charge is 2.29. The Bertz CT molecular complexity index is 473. The Hall–Kier alpha value is -1.13. The second-order valence-electron chi connectivity index (χ2n) is 6.18. The van der Waals surface area contributed by atoms with E-state index in [1.54, 1.807) is 0 Å². The Morgan fingerprint density at radius 3 is 2.80 bits per heavy atom. The number of nitrogens with one attached hydrogen (secondary N) is 1. The molecule has 1 N–H and O–H groups in total. The van der Waals surface area contributed by atoms with Crippen LogP contribution in [0, 0.1) is 6.92 Å². The monoisotopic (exact) mass is 275 g/mol. The fourth-order valence-corrected chi connectivity index (χ4v) is 3.03. The summed E-state index contributed by atoms with van der Waals surface area (Å²) in [5.41, 5.74) is 2.53. The lowest BCUT2D eigenvalue weighted by Crippen LogP contribution is -2.37. The van der Waals surface area contributed by atoms with Crippen LogP contribution < -0.4 is 10.2 Å². The summed E-state index contributed by atoms with van der Waals surface area (Å²) in [7, 11) is 2.13. The van der Waals surface area contributed by atoms with Gasteiger partial charge in [-0.25, -0.2) is 4.98 Å². The van der Waals surface area contributed by atoms with E-state index >= 15 is 0 Å². The van der Waals surface area contributed by atoms with Crippen LogP contribution in [0.25, 0.3) is 0 Å². The molecule has 2 atom stereocenters. The molecule has 20 heavy (non-hydrogen) atoms. The number of anilines is 1. The van der Waals surface area contributed by atoms with Crippen molar-refractivity contribution in [2.75, 3.05) is 18.6 Å². The Labute approximate surface area is 121 Å². The molecule has 2 aliphatic rings. The first-order valence-electron chi connectivity index (χ1n) is 7.68. The molecule has 0 bridgehead atoms. The summed E-state index contributed by atoms with van der Waals surface area (Å²) in [6, 6.07) is 3.44. The number of aromatic nitrogens is 1. The van der Waals surface area contributed by atoms with Crippen molar-refractivity contribution >= 4 is 5.82 Å². The van der Waals surface area contributed by atoms with Gasteiger partial charge in [0, 0.05) is 32.4 Å². The van der Waals surface area contributed by atoms with Gasteiger partial charge in [0.05, 0.1) is 12.1 Å². The van der Waals surface area contributed by atoms with Gasteiger partial charge in [0.1, 0.15) is 5.82 Å². The average molecular weight is 275 g/mol. The molecule has 1 aromatic rings. The Morgan fingerprint density at radius 1 is 1.40 bits per heavy atom. The van der Waals surface area contributed by atoms with Crippen molar-refractivity contribution in [2.24, 2.45) is 0 Å². The molecule has 1 aromatic heterocycles. The molecule has 110 valence electrons. The molecule has 2 unspecified atom stereocenters. The number of hydrogen-bond acceptors (Lipinski definition) is 4. The predicted molar refractivity (Wildman–Crippen MR) is 81.1 cm³/mol. The normalized spacial score (nSPS) is 25.9. The van der Waals surface area contributed by atoms with Crippen molar-refractivity contribution in [1.29, 1.82) is 0 Å². The van der Waals surface area contributed by atoms with Gasteiger partial charge < -0.3 is 15.0 Å². The molecule has 4 heteroatoms. The summed E-state index contributed by atoms with van der Waals surface area (Å²) in [6.07, 6.45) is 6.04. The van der Waals surface area contributed by atoms with E-state index in [2.05, 4.69) is 42.2 Å². The number of hydrogen-bond donors (Lipinski definition) is 1. The average Bonchev–Trinajstić information content (AvgIpc) is 3.16. The van der Waals surface area contributed by atoms with Crippen LogP contribution in [0.3, 0.4) is 0 Å². The van der Waals surface area contributed by atoms with Gasteiger partial charge in [0.15, 0.2) is 0 Å². The number of ether oxygens (including phenoxy) is 1. The largest absolute Gasteiger partial charge is 0.376 e. The molecule has 1 saturated carbocycles. The van der Waals surface area contributed by atoms with Gasteiger partial charge in [-0.2, -0.15) is 0 Å². The van der Waals surface area contributed by atoms with Crippen LogP contribution in [-0.2, 0) is 11.3 Å². The third-order valence-electron chi connectivity index (χ3n) is 4.45. The SMILES string of the molecule is Cc1cc(CNC2CC2)cnc1N(C)C1CCOC1C. The van der Waals surface area contributed by atoms with E-state index in [4.69, 9.17) is 4.74 Å². The van der Waals surface area contributed by atoms with E-state index < -0.39 is 0 Å². The summed E-state index contributed by atoms with van der Waals surface area (Å²) in [4.78, 5) is 6.97. The maximum atomic E-state index is 5.66. The quantitative estimate of drug-likeness (QED) is 0.894. The van der Waals surface area contributed by atoms with Crippen LogP contribution in [0.4, 0.5) is 5.82 Å². The highest BCUT2D eigenvalue weighted by molar-refractivity contribution is 5.48. The van der Waals surface area contributed by atoms with Crippen molar-refractivity contribution in [3.05, 3.63) is 23.4 Å². The third-order valence-corrected chi connectivity index (χ3v) is 4.45. The van der Waals surface area contributed by atoms with E-state index in [1.165, 1.54) is 24.0 Å². The first-order valence-corrected chi connectivity index (χ1v) is 7.68. The number of likely N-dealkylation sites (N-methyl/N-ethyl adjacent to an activating group) is 1. The number of nitrogens with zero attached hydrogens (tertiary/aromatic N) is 2. The maximum Gasteiger partial charge on any atom is 0.131 e. The molecule has 0 aromatic carbocycles. The highest BCUT2D eigenvalue weighted by atomic mass is 16.5. The molecule has 0 spiro atoms. The maximum absolute atomic E-state index is 5.66. The van der Waals surface area contributed by atoms with Crippen LogP contribution in [0.15, 0.2) is 12.3 Å². The zero-order valence-corrected chi connectivity index (χ0v) is 12.7. The van der Waals surface area contributed by atoms with E-state index in [9.17, 15) is 0 Å². The van der Waals surface area contributed by atoms with Gasteiger partial charge in [-0.1, -0.05) is 0 Å². The summed E-state index contributed by atoms with van der Waals surface area (Å²) >= 11 is 0. The first-order chi connectivity index (χ1) is 9.65. The number of rotatable bonds is 5. The molecule has 0 radical (unpaired) electrons. The minimum absolute atomic E-state index is 0.289. The topological polar surface area (TPSA) is 37.4 Å². The second kappa shape index (κ2) is 5.70. The van der Waals surface area contributed by atoms with Crippen LogP contribution in [-0.4, -0.2) is 36.8 Å². The fourth-order valence-electron chi connectivity index (χ4n) is 3.03. The lowest BCUT2D eigenvalue weighted by molar-refractivity contribution is 0.118. The van der Waals surface area contributed by atoms with Crippen molar-refractivity contribution < 1.29 is 4.74 Å². The Kier molecular flexibility index (Phi) is 3.94. The molecule has 4 nitrogen and oxygen atoms in total. The lowest BCUT2D eigenvalue weighted by Gasteiger charge is -2.29. The van der Waals surface area contributed by atoms with Crippen LogP contribution in [0.1, 0.15) is 37.3 Å². The first kappa shape index (κ1) is 13.8. The van der Waals surface area contributed by atoms with Crippen LogP contribution in [0.5, 0.6) is 0 Å². The lowest BCUT2D eigenvalue weighted by atomic mass is 10.1. The van der Waals surface area contributed by atoms with Gasteiger partial charge in [0.25, 0.3) is 0 Å². The highest BCUT2D eigenvalue weighted by Crippen LogP contribution is 2.26. The summed E-state index contributed by atoms with van der Waals surface area (Å²) in [5.74, 6) is 1.09. The predicted octanol–water partition coefficient (Wildman–Crippen LogP) is 2.26. The fraction of sp³-hybridized carbons (Fsp3) is 0.688. The zero-order valence-electron chi connectivity index (χ0n) is 12.7. The molecule has 1 saturated heterocycles. The molecular weight excluding hydrogens is 250 g/mol. The van der Waals surface area contributed by atoms with Gasteiger partial charge in [-0.05, 0) is 50.3 Å². The van der Waals surface area contributed by atoms with Gasteiger partial charge in [-0.15, -0.1) is 0 Å². The molecule has 3 rings (SSSR count). The minimum atomic E-state index is 0.289. The van der Waals surface area contributed by atoms with E-state index in [0.29, 0.717) is 6.04 Å². The van der Waals surface area contributed by atoms with E-state index in [0.717, 1.165) is 31.4 Å². The molecular formula is C16H25N3O. The van der Waals surface area contributed by atoms with Crippen molar-refractivity contribution in [3.63, 3.8) is 0 Å². The standard InChI is InChI=1S/C16H25N3O/c1-11-8-13(9-17-14-4-5-14)10-18-16(11)19(3)15-6-7-20-12(15)2/h8,10,12,14-15,17H,4-7,9H2,1-3H3.